The number of rotatable bonds is 5. The van der Waals surface area contributed by atoms with Gasteiger partial charge in [0, 0.05) is 12.1 Å². The lowest BCUT2D eigenvalue weighted by molar-refractivity contribution is -0.119. The molecule has 0 spiro atoms. The average molecular weight is 236 g/mol. The average Bonchev–Trinajstić information content (AvgIpc) is 2.35. The summed E-state index contributed by atoms with van der Waals surface area (Å²) < 4.78 is 0. The Kier molecular flexibility index (Phi) is 4.47. The summed E-state index contributed by atoms with van der Waals surface area (Å²) in [6.45, 7) is 2.17. The second-order valence-electron chi connectivity index (χ2n) is 3.69. The highest BCUT2D eigenvalue weighted by molar-refractivity contribution is 5.97. The third kappa shape index (κ3) is 3.76. The molecule has 1 amide bonds. The monoisotopic (exact) mass is 236 g/mol. The minimum atomic E-state index is -0.405. The molecule has 1 rings (SSSR count). The van der Waals surface area contributed by atoms with E-state index in [1.165, 1.54) is 0 Å². The number of oxime groups is 1. The van der Waals surface area contributed by atoms with Crippen LogP contribution in [0.15, 0.2) is 29.4 Å². The van der Waals surface area contributed by atoms with E-state index in [1.807, 2.05) is 6.07 Å². The van der Waals surface area contributed by atoms with Gasteiger partial charge in [-0.15, -0.1) is 0 Å². The molecule has 1 atom stereocenters. The largest absolute Gasteiger partial charge is 0.409 e. The van der Waals surface area contributed by atoms with E-state index in [9.17, 15) is 4.79 Å². The third-order valence-corrected chi connectivity index (χ3v) is 2.37. The van der Waals surface area contributed by atoms with Gasteiger partial charge in [-0.1, -0.05) is 23.4 Å². The number of nitrogens with one attached hydrogen (secondary N) is 1. The number of primary amides is 1. The normalized spacial score (nSPS) is 13.4. The highest BCUT2D eigenvalue weighted by Gasteiger charge is 2.07. The van der Waals surface area contributed by atoms with Gasteiger partial charge in [-0.2, -0.15) is 0 Å². The summed E-state index contributed by atoms with van der Waals surface area (Å²) in [5.74, 6) is -0.354. The van der Waals surface area contributed by atoms with E-state index in [-0.39, 0.29) is 5.84 Å². The Bertz CT molecular complexity index is 431. The van der Waals surface area contributed by atoms with Crippen LogP contribution in [-0.2, 0) is 11.3 Å². The fraction of sp³-hybridized carbons (Fsp3) is 0.273. The molecule has 0 aliphatic carbocycles. The molecule has 92 valence electrons. The van der Waals surface area contributed by atoms with E-state index in [0.717, 1.165) is 5.56 Å². The Morgan fingerprint density at radius 3 is 2.82 bits per heavy atom. The minimum absolute atomic E-state index is 0.0507. The summed E-state index contributed by atoms with van der Waals surface area (Å²) in [6.07, 6.45) is 0. The van der Waals surface area contributed by atoms with Crippen molar-refractivity contribution in [2.45, 2.75) is 19.5 Å². The molecule has 0 radical (unpaired) electrons. The molecule has 0 fully saturated rings. The first-order valence-corrected chi connectivity index (χ1v) is 5.14. The van der Waals surface area contributed by atoms with Gasteiger partial charge >= 0.3 is 0 Å². The highest BCUT2D eigenvalue weighted by atomic mass is 16.4. The number of carbonyl (C=O) groups excluding carboxylic acids is 1. The maximum atomic E-state index is 10.8. The van der Waals surface area contributed by atoms with E-state index >= 15 is 0 Å². The van der Waals surface area contributed by atoms with Gasteiger partial charge in [0.1, 0.15) is 0 Å². The molecule has 0 bridgehead atoms. The minimum Gasteiger partial charge on any atom is -0.409 e. The van der Waals surface area contributed by atoms with Crippen LogP contribution in [0, 0.1) is 0 Å². The molecule has 0 heterocycles. The first kappa shape index (κ1) is 13.0. The molecule has 1 aromatic carbocycles. The molecular weight excluding hydrogens is 220 g/mol. The van der Waals surface area contributed by atoms with Gasteiger partial charge in [0.15, 0.2) is 5.84 Å². The van der Waals surface area contributed by atoms with Crippen molar-refractivity contribution < 1.29 is 10.0 Å². The predicted octanol–water partition coefficient (Wildman–Crippen LogP) is -0.255. The number of benzene rings is 1. The summed E-state index contributed by atoms with van der Waals surface area (Å²) >= 11 is 0. The van der Waals surface area contributed by atoms with Crippen LogP contribution in [0.5, 0.6) is 0 Å². The third-order valence-electron chi connectivity index (χ3n) is 2.37. The van der Waals surface area contributed by atoms with E-state index < -0.39 is 11.9 Å². The number of nitrogens with two attached hydrogens (primary N) is 2. The smallest absolute Gasteiger partial charge is 0.234 e. The van der Waals surface area contributed by atoms with Gasteiger partial charge in [-0.3, -0.25) is 4.79 Å². The molecule has 0 saturated heterocycles. The zero-order chi connectivity index (χ0) is 12.8. The van der Waals surface area contributed by atoms with E-state index in [1.54, 1.807) is 25.1 Å². The molecule has 6 heteroatoms. The van der Waals surface area contributed by atoms with Gasteiger partial charge in [0.05, 0.1) is 6.04 Å². The number of carbonyl (C=O) groups is 1. The molecule has 1 aromatic rings. The Hall–Kier alpha value is -2.08. The van der Waals surface area contributed by atoms with Gasteiger partial charge < -0.3 is 22.0 Å². The quantitative estimate of drug-likeness (QED) is 0.244. The summed E-state index contributed by atoms with van der Waals surface area (Å²) in [4.78, 5) is 10.8. The van der Waals surface area contributed by atoms with Crippen molar-refractivity contribution in [2.75, 3.05) is 0 Å². The van der Waals surface area contributed by atoms with Crippen LogP contribution in [0.4, 0.5) is 0 Å². The van der Waals surface area contributed by atoms with Crippen molar-refractivity contribution >= 4 is 11.7 Å². The van der Waals surface area contributed by atoms with E-state index in [2.05, 4.69) is 10.5 Å². The summed E-state index contributed by atoms with van der Waals surface area (Å²) in [7, 11) is 0. The maximum absolute atomic E-state index is 10.8. The first-order valence-electron chi connectivity index (χ1n) is 5.14. The Morgan fingerprint density at radius 2 is 2.24 bits per heavy atom. The number of amides is 1. The second kappa shape index (κ2) is 5.86. The zero-order valence-electron chi connectivity index (χ0n) is 9.55. The molecule has 17 heavy (non-hydrogen) atoms. The zero-order valence-corrected chi connectivity index (χ0v) is 9.55. The predicted molar refractivity (Wildman–Crippen MR) is 64.4 cm³/mol. The SMILES string of the molecule is CC(NCc1cccc(C(N)=NO)c1)C(N)=O. The molecule has 0 aliphatic rings. The fourth-order valence-electron chi connectivity index (χ4n) is 1.27. The fourth-order valence-corrected chi connectivity index (χ4v) is 1.27. The second-order valence-corrected chi connectivity index (χ2v) is 3.69. The van der Waals surface area contributed by atoms with Crippen molar-refractivity contribution in [1.29, 1.82) is 0 Å². The number of amidine groups is 1. The van der Waals surface area contributed by atoms with Gasteiger partial charge in [0.25, 0.3) is 0 Å². The first-order chi connectivity index (χ1) is 8.04. The number of hydrogen-bond acceptors (Lipinski definition) is 4. The van der Waals surface area contributed by atoms with Gasteiger partial charge in [0.2, 0.25) is 5.91 Å². The molecular formula is C11H16N4O2. The lowest BCUT2D eigenvalue weighted by Gasteiger charge is -2.10. The van der Waals surface area contributed by atoms with Gasteiger partial charge in [-0.25, -0.2) is 0 Å². The van der Waals surface area contributed by atoms with Crippen molar-refractivity contribution in [3.63, 3.8) is 0 Å². The Balaban J connectivity index is 2.70. The molecule has 0 saturated carbocycles. The lowest BCUT2D eigenvalue weighted by atomic mass is 10.1. The van der Waals surface area contributed by atoms with Crippen LogP contribution < -0.4 is 16.8 Å². The number of nitrogens with zero attached hydrogens (tertiary/aromatic N) is 1. The van der Waals surface area contributed by atoms with Gasteiger partial charge in [-0.05, 0) is 18.6 Å². The molecule has 0 aliphatic heterocycles. The number of hydrogen-bond donors (Lipinski definition) is 4. The maximum Gasteiger partial charge on any atom is 0.234 e. The summed E-state index contributed by atoms with van der Waals surface area (Å²) in [5.41, 5.74) is 12.1. The van der Waals surface area contributed by atoms with Crippen LogP contribution in [0.2, 0.25) is 0 Å². The Labute approximate surface area is 99.3 Å². The Morgan fingerprint density at radius 1 is 1.53 bits per heavy atom. The van der Waals surface area contributed by atoms with Crippen molar-refractivity contribution in [3.8, 4) is 0 Å². The summed E-state index contributed by atoms with van der Waals surface area (Å²) in [6, 6.07) is 6.77. The standard InChI is InChI=1S/C11H16N4O2/c1-7(11(13)16)14-6-8-3-2-4-9(5-8)10(12)15-17/h2-5,7,14,17H,6H2,1H3,(H2,12,15)(H2,13,16). The van der Waals surface area contributed by atoms with E-state index in [4.69, 9.17) is 16.7 Å². The molecule has 1 unspecified atom stereocenters. The van der Waals surface area contributed by atoms with Crippen LogP contribution in [0.3, 0.4) is 0 Å². The van der Waals surface area contributed by atoms with Crippen molar-refractivity contribution in [1.82, 2.24) is 5.32 Å². The summed E-state index contributed by atoms with van der Waals surface area (Å²) in [5, 5.41) is 14.4. The molecule has 6 N–H and O–H groups in total. The lowest BCUT2D eigenvalue weighted by Crippen LogP contribution is -2.38. The molecule has 0 aromatic heterocycles. The van der Waals surface area contributed by atoms with Crippen molar-refractivity contribution in [2.24, 2.45) is 16.6 Å². The van der Waals surface area contributed by atoms with Crippen molar-refractivity contribution in [3.05, 3.63) is 35.4 Å². The highest BCUT2D eigenvalue weighted by Crippen LogP contribution is 2.05. The van der Waals surface area contributed by atoms with Crippen LogP contribution in [-0.4, -0.2) is 23.0 Å². The molecule has 6 nitrogen and oxygen atoms in total. The van der Waals surface area contributed by atoms with Crippen LogP contribution in [0.1, 0.15) is 18.1 Å². The topological polar surface area (TPSA) is 114 Å². The van der Waals surface area contributed by atoms with Crippen LogP contribution in [0.25, 0.3) is 0 Å². The van der Waals surface area contributed by atoms with Crippen LogP contribution >= 0.6 is 0 Å². The van der Waals surface area contributed by atoms with E-state index in [0.29, 0.717) is 12.1 Å².